The van der Waals surface area contributed by atoms with Gasteiger partial charge in [-0.15, -0.1) is 0 Å². The Kier molecular flexibility index (Phi) is 3.82. The molecule has 1 aliphatic carbocycles. The fourth-order valence-corrected chi connectivity index (χ4v) is 1.76. The molecule has 1 aromatic heterocycles. The lowest BCUT2D eigenvalue weighted by Gasteiger charge is -2.10. The summed E-state index contributed by atoms with van der Waals surface area (Å²) < 4.78 is 5.72. The van der Waals surface area contributed by atoms with Crippen LogP contribution in [0, 0.1) is 12.8 Å². The van der Waals surface area contributed by atoms with Crippen LogP contribution < -0.4 is 10.5 Å². The molecule has 0 unspecified atom stereocenters. The fraction of sp³-hybridized carbons (Fsp3) is 0.692. The Morgan fingerprint density at radius 3 is 2.76 bits per heavy atom. The van der Waals surface area contributed by atoms with E-state index in [2.05, 4.69) is 16.9 Å². The van der Waals surface area contributed by atoms with Crippen LogP contribution in [0.4, 0.5) is 5.82 Å². The van der Waals surface area contributed by atoms with Gasteiger partial charge in [-0.2, -0.15) is 4.98 Å². The second-order valence-corrected chi connectivity index (χ2v) is 4.79. The van der Waals surface area contributed by atoms with Gasteiger partial charge in [-0.25, -0.2) is 4.98 Å². The molecule has 1 fully saturated rings. The molecule has 0 amide bonds. The Morgan fingerprint density at radius 2 is 2.12 bits per heavy atom. The number of nitrogens with zero attached hydrogens (tertiary/aromatic N) is 2. The third-order valence-corrected chi connectivity index (χ3v) is 3.12. The molecule has 1 aromatic rings. The molecule has 0 spiro atoms. The fourth-order valence-electron chi connectivity index (χ4n) is 1.76. The summed E-state index contributed by atoms with van der Waals surface area (Å²) in [7, 11) is 0. The number of aryl methyl sites for hydroxylation is 1. The molecule has 1 heterocycles. The topological polar surface area (TPSA) is 61.0 Å². The number of hydrogen-bond acceptors (Lipinski definition) is 4. The van der Waals surface area contributed by atoms with Crippen LogP contribution in [-0.4, -0.2) is 16.6 Å². The maximum Gasteiger partial charge on any atom is 0.221 e. The standard InChI is InChI=1S/C13H21N3O/c1-3-4-11-15-12(14)9(2)13(16-11)17-8-7-10-5-6-10/h10H,3-8H2,1-2H3,(H2,14,15,16). The first-order valence-corrected chi connectivity index (χ1v) is 6.46. The normalized spacial score (nSPS) is 14.9. The number of anilines is 1. The number of aromatic nitrogens is 2. The highest BCUT2D eigenvalue weighted by atomic mass is 16.5. The molecule has 0 aliphatic heterocycles. The highest BCUT2D eigenvalue weighted by molar-refractivity contribution is 5.44. The minimum Gasteiger partial charge on any atom is -0.477 e. The average molecular weight is 235 g/mol. The number of rotatable bonds is 6. The van der Waals surface area contributed by atoms with Crippen molar-refractivity contribution in [1.82, 2.24) is 9.97 Å². The average Bonchev–Trinajstić information content (AvgIpc) is 3.09. The zero-order chi connectivity index (χ0) is 12.3. The summed E-state index contributed by atoms with van der Waals surface area (Å²) in [5, 5.41) is 0. The molecular formula is C13H21N3O. The summed E-state index contributed by atoms with van der Waals surface area (Å²) >= 11 is 0. The Bertz CT molecular complexity index is 388. The summed E-state index contributed by atoms with van der Waals surface area (Å²) in [6, 6.07) is 0. The summed E-state index contributed by atoms with van der Waals surface area (Å²) in [6.45, 7) is 4.76. The van der Waals surface area contributed by atoms with Crippen LogP contribution >= 0.6 is 0 Å². The van der Waals surface area contributed by atoms with E-state index in [1.807, 2.05) is 6.92 Å². The monoisotopic (exact) mass is 235 g/mol. The second-order valence-electron chi connectivity index (χ2n) is 4.79. The third kappa shape index (κ3) is 3.32. The van der Waals surface area contributed by atoms with E-state index in [0.29, 0.717) is 11.7 Å². The molecule has 1 aliphatic rings. The van der Waals surface area contributed by atoms with Crippen LogP contribution in [0.5, 0.6) is 5.88 Å². The third-order valence-electron chi connectivity index (χ3n) is 3.12. The minimum absolute atomic E-state index is 0.546. The summed E-state index contributed by atoms with van der Waals surface area (Å²) in [6.07, 6.45) is 5.71. The van der Waals surface area contributed by atoms with Crippen molar-refractivity contribution in [2.75, 3.05) is 12.3 Å². The van der Waals surface area contributed by atoms with Crippen LogP contribution in [0.3, 0.4) is 0 Å². The molecule has 17 heavy (non-hydrogen) atoms. The van der Waals surface area contributed by atoms with Gasteiger partial charge in [0.15, 0.2) is 0 Å². The molecule has 0 aromatic carbocycles. The molecule has 0 saturated heterocycles. The van der Waals surface area contributed by atoms with Crippen LogP contribution in [0.2, 0.25) is 0 Å². The predicted octanol–water partition coefficient (Wildman–Crippen LogP) is 2.50. The Morgan fingerprint density at radius 1 is 1.35 bits per heavy atom. The van der Waals surface area contributed by atoms with E-state index in [1.54, 1.807) is 0 Å². The van der Waals surface area contributed by atoms with Crippen molar-refractivity contribution in [3.63, 3.8) is 0 Å². The van der Waals surface area contributed by atoms with Gasteiger partial charge in [-0.1, -0.05) is 19.8 Å². The van der Waals surface area contributed by atoms with Gasteiger partial charge in [-0.05, 0) is 25.7 Å². The van der Waals surface area contributed by atoms with E-state index in [9.17, 15) is 0 Å². The Balaban J connectivity index is 2.01. The molecule has 0 bridgehead atoms. The lowest BCUT2D eigenvalue weighted by atomic mass is 10.3. The molecule has 2 N–H and O–H groups in total. The van der Waals surface area contributed by atoms with Gasteiger partial charge >= 0.3 is 0 Å². The van der Waals surface area contributed by atoms with Crippen molar-refractivity contribution < 1.29 is 4.74 Å². The predicted molar refractivity (Wildman–Crippen MR) is 68.0 cm³/mol. The largest absolute Gasteiger partial charge is 0.477 e. The number of nitrogens with two attached hydrogens (primary N) is 1. The van der Waals surface area contributed by atoms with E-state index in [0.717, 1.165) is 43.2 Å². The van der Waals surface area contributed by atoms with Gasteiger partial charge in [0.25, 0.3) is 0 Å². The van der Waals surface area contributed by atoms with E-state index < -0.39 is 0 Å². The van der Waals surface area contributed by atoms with Crippen LogP contribution in [0.1, 0.15) is 44.0 Å². The molecule has 0 radical (unpaired) electrons. The zero-order valence-corrected chi connectivity index (χ0v) is 10.7. The number of ether oxygens (including phenoxy) is 1. The Labute approximate surface area is 103 Å². The summed E-state index contributed by atoms with van der Waals surface area (Å²) in [5.41, 5.74) is 6.73. The Hall–Kier alpha value is -1.32. The first-order chi connectivity index (χ1) is 8.20. The lowest BCUT2D eigenvalue weighted by molar-refractivity contribution is 0.288. The van der Waals surface area contributed by atoms with Crippen LogP contribution in [-0.2, 0) is 6.42 Å². The van der Waals surface area contributed by atoms with Crippen LogP contribution in [0.15, 0.2) is 0 Å². The summed E-state index contributed by atoms with van der Waals surface area (Å²) in [4.78, 5) is 8.69. The van der Waals surface area contributed by atoms with Gasteiger partial charge in [0.1, 0.15) is 11.6 Å². The van der Waals surface area contributed by atoms with Gasteiger partial charge in [-0.3, -0.25) is 0 Å². The van der Waals surface area contributed by atoms with Crippen molar-refractivity contribution in [3.8, 4) is 5.88 Å². The van der Waals surface area contributed by atoms with Crippen molar-refractivity contribution in [2.45, 2.75) is 46.0 Å². The SMILES string of the molecule is CCCc1nc(N)c(C)c(OCCC2CC2)n1. The zero-order valence-electron chi connectivity index (χ0n) is 10.7. The molecule has 94 valence electrons. The molecule has 1 saturated carbocycles. The molecule has 0 atom stereocenters. The molecule has 4 heteroatoms. The van der Waals surface area contributed by atoms with Crippen molar-refractivity contribution in [1.29, 1.82) is 0 Å². The van der Waals surface area contributed by atoms with E-state index in [-0.39, 0.29) is 0 Å². The van der Waals surface area contributed by atoms with E-state index >= 15 is 0 Å². The first-order valence-electron chi connectivity index (χ1n) is 6.46. The highest BCUT2D eigenvalue weighted by Gasteiger charge is 2.21. The van der Waals surface area contributed by atoms with Crippen molar-refractivity contribution in [3.05, 3.63) is 11.4 Å². The van der Waals surface area contributed by atoms with Crippen LogP contribution in [0.25, 0.3) is 0 Å². The van der Waals surface area contributed by atoms with Gasteiger partial charge in [0, 0.05) is 6.42 Å². The summed E-state index contributed by atoms with van der Waals surface area (Å²) in [5.74, 6) is 2.88. The van der Waals surface area contributed by atoms with Gasteiger partial charge in [0.05, 0.1) is 12.2 Å². The smallest absolute Gasteiger partial charge is 0.221 e. The number of hydrogen-bond donors (Lipinski definition) is 1. The number of nitrogen functional groups attached to an aromatic ring is 1. The molecular weight excluding hydrogens is 214 g/mol. The quantitative estimate of drug-likeness (QED) is 0.823. The molecule has 2 rings (SSSR count). The maximum absolute atomic E-state index is 5.86. The van der Waals surface area contributed by atoms with Crippen molar-refractivity contribution >= 4 is 5.82 Å². The second kappa shape index (κ2) is 5.34. The van der Waals surface area contributed by atoms with Gasteiger partial charge in [0.2, 0.25) is 5.88 Å². The van der Waals surface area contributed by atoms with Crippen molar-refractivity contribution in [2.24, 2.45) is 5.92 Å². The first kappa shape index (κ1) is 12.1. The highest BCUT2D eigenvalue weighted by Crippen LogP contribution is 2.32. The minimum atomic E-state index is 0.546. The van der Waals surface area contributed by atoms with E-state index in [1.165, 1.54) is 12.8 Å². The lowest BCUT2D eigenvalue weighted by Crippen LogP contribution is -2.08. The molecule has 4 nitrogen and oxygen atoms in total. The maximum atomic E-state index is 5.86. The van der Waals surface area contributed by atoms with E-state index in [4.69, 9.17) is 10.5 Å². The van der Waals surface area contributed by atoms with Gasteiger partial charge < -0.3 is 10.5 Å².